The van der Waals surface area contributed by atoms with Crippen molar-refractivity contribution in [1.82, 2.24) is 0 Å². The van der Waals surface area contributed by atoms with E-state index in [0.29, 0.717) is 12.1 Å². The molecule has 0 aliphatic rings. The summed E-state index contributed by atoms with van der Waals surface area (Å²) in [5, 5.41) is 15.0. The number of hydrogen-bond donors (Lipinski definition) is 3. The minimum atomic E-state index is -0.430. The summed E-state index contributed by atoms with van der Waals surface area (Å²) in [6.07, 6.45) is 0. The smallest absolute Gasteiger partial charge is 0.170 e. The number of halogens is 2. The largest absolute Gasteiger partial charge is 0.409 e. The van der Waals surface area contributed by atoms with Crippen molar-refractivity contribution in [2.45, 2.75) is 13.5 Å². The Morgan fingerprint density at radius 1 is 1.33 bits per heavy atom. The van der Waals surface area contributed by atoms with Crippen LogP contribution in [0.25, 0.3) is 0 Å². The minimum Gasteiger partial charge on any atom is -0.409 e. The van der Waals surface area contributed by atoms with Crippen LogP contribution in [0.2, 0.25) is 0 Å². The second-order valence-corrected chi connectivity index (χ2v) is 5.52. The normalized spacial score (nSPS) is 11.5. The Bertz CT molecular complexity index is 689. The molecule has 0 amide bonds. The topological polar surface area (TPSA) is 70.6 Å². The molecule has 4 nitrogen and oxygen atoms in total. The zero-order chi connectivity index (χ0) is 15.4. The van der Waals surface area contributed by atoms with Crippen molar-refractivity contribution in [3.05, 3.63) is 63.4 Å². The maximum absolute atomic E-state index is 13.3. The van der Waals surface area contributed by atoms with E-state index < -0.39 is 5.82 Å². The molecule has 0 heterocycles. The van der Waals surface area contributed by atoms with E-state index in [-0.39, 0.29) is 5.84 Å². The molecule has 0 saturated carbocycles. The summed E-state index contributed by atoms with van der Waals surface area (Å²) < 4.78 is 14.3. The van der Waals surface area contributed by atoms with Gasteiger partial charge in [-0.2, -0.15) is 0 Å². The Morgan fingerprint density at radius 2 is 2.10 bits per heavy atom. The summed E-state index contributed by atoms with van der Waals surface area (Å²) in [4.78, 5) is 0. The molecule has 110 valence electrons. The van der Waals surface area contributed by atoms with Crippen molar-refractivity contribution in [3.63, 3.8) is 0 Å². The molecule has 0 spiro atoms. The van der Waals surface area contributed by atoms with Crippen LogP contribution in [0.1, 0.15) is 16.7 Å². The van der Waals surface area contributed by atoms with Gasteiger partial charge < -0.3 is 16.3 Å². The van der Waals surface area contributed by atoms with Crippen molar-refractivity contribution in [3.8, 4) is 0 Å². The number of amidine groups is 1. The number of benzene rings is 2. The fourth-order valence-corrected chi connectivity index (χ4v) is 2.49. The van der Waals surface area contributed by atoms with Crippen LogP contribution in [0.15, 0.2) is 46.0 Å². The standard InChI is InChI=1S/C15H15BrFN3O/c1-9-6-11(16)3-5-14(9)19-8-10-2-4-12(17)7-13(10)15(18)20-21/h2-7,19,21H,8H2,1H3,(H2,18,20). The average Bonchev–Trinajstić information content (AvgIpc) is 2.46. The molecule has 21 heavy (non-hydrogen) atoms. The van der Waals surface area contributed by atoms with Crippen molar-refractivity contribution >= 4 is 27.5 Å². The molecule has 0 aromatic heterocycles. The molecule has 6 heteroatoms. The molecule has 4 N–H and O–H groups in total. The van der Waals surface area contributed by atoms with E-state index >= 15 is 0 Å². The summed E-state index contributed by atoms with van der Waals surface area (Å²) in [5.41, 5.74) is 8.75. The average molecular weight is 352 g/mol. The lowest BCUT2D eigenvalue weighted by atomic mass is 10.1. The molecular formula is C15H15BrFN3O. The van der Waals surface area contributed by atoms with Crippen molar-refractivity contribution < 1.29 is 9.60 Å². The Hall–Kier alpha value is -2.08. The number of aryl methyl sites for hydroxylation is 1. The second kappa shape index (κ2) is 6.58. The quantitative estimate of drug-likeness (QED) is 0.341. The first-order chi connectivity index (χ1) is 10.0. The highest BCUT2D eigenvalue weighted by Crippen LogP contribution is 2.21. The van der Waals surface area contributed by atoms with Gasteiger partial charge in [0.2, 0.25) is 0 Å². The Balaban J connectivity index is 2.24. The lowest BCUT2D eigenvalue weighted by Gasteiger charge is -2.13. The van der Waals surface area contributed by atoms with E-state index in [1.54, 1.807) is 6.07 Å². The zero-order valence-corrected chi connectivity index (χ0v) is 13.0. The SMILES string of the molecule is Cc1cc(Br)ccc1NCc1ccc(F)cc1C(N)=NO. The fraction of sp³-hybridized carbons (Fsp3) is 0.133. The summed E-state index contributed by atoms with van der Waals surface area (Å²) in [6, 6.07) is 10.1. The monoisotopic (exact) mass is 351 g/mol. The van der Waals surface area contributed by atoms with E-state index in [4.69, 9.17) is 10.9 Å². The third-order valence-electron chi connectivity index (χ3n) is 3.11. The van der Waals surface area contributed by atoms with Crippen molar-refractivity contribution in [1.29, 1.82) is 0 Å². The molecule has 0 unspecified atom stereocenters. The molecule has 2 aromatic rings. The van der Waals surface area contributed by atoms with Gasteiger partial charge in [0.05, 0.1) is 0 Å². The summed E-state index contributed by atoms with van der Waals surface area (Å²) in [7, 11) is 0. The van der Waals surface area contributed by atoms with Crippen LogP contribution in [0.4, 0.5) is 10.1 Å². The predicted octanol–water partition coefficient (Wildman–Crippen LogP) is 3.60. The summed E-state index contributed by atoms with van der Waals surface area (Å²) in [5.74, 6) is -0.543. The highest BCUT2D eigenvalue weighted by atomic mass is 79.9. The van der Waals surface area contributed by atoms with Crippen LogP contribution in [0.3, 0.4) is 0 Å². The first-order valence-electron chi connectivity index (χ1n) is 6.27. The number of oxime groups is 1. The van der Waals surface area contributed by atoms with Gasteiger partial charge in [-0.1, -0.05) is 27.2 Å². The highest BCUT2D eigenvalue weighted by Gasteiger charge is 2.09. The van der Waals surface area contributed by atoms with Crippen LogP contribution in [0.5, 0.6) is 0 Å². The lowest BCUT2D eigenvalue weighted by Crippen LogP contribution is -2.17. The fourth-order valence-electron chi connectivity index (χ4n) is 2.01. The van der Waals surface area contributed by atoms with Gasteiger partial charge in [-0.05, 0) is 48.4 Å². The van der Waals surface area contributed by atoms with E-state index in [1.807, 2.05) is 25.1 Å². The third kappa shape index (κ3) is 3.72. The molecule has 2 aromatic carbocycles. The molecule has 0 aliphatic heterocycles. The molecule has 0 aliphatic carbocycles. The van der Waals surface area contributed by atoms with E-state index in [9.17, 15) is 4.39 Å². The van der Waals surface area contributed by atoms with Gasteiger partial charge in [-0.15, -0.1) is 0 Å². The van der Waals surface area contributed by atoms with Gasteiger partial charge in [0.15, 0.2) is 5.84 Å². The molecule has 0 saturated heterocycles. The minimum absolute atomic E-state index is 0.112. The second-order valence-electron chi connectivity index (χ2n) is 4.60. The molecule has 0 atom stereocenters. The first kappa shape index (κ1) is 15.3. The van der Waals surface area contributed by atoms with Gasteiger partial charge in [-0.25, -0.2) is 4.39 Å². The van der Waals surface area contributed by atoms with Gasteiger partial charge in [-0.3, -0.25) is 0 Å². The number of nitrogens with two attached hydrogens (primary N) is 1. The van der Waals surface area contributed by atoms with E-state index in [0.717, 1.165) is 21.3 Å². The molecule has 0 radical (unpaired) electrons. The van der Waals surface area contributed by atoms with Gasteiger partial charge in [0.1, 0.15) is 5.82 Å². The first-order valence-corrected chi connectivity index (χ1v) is 7.07. The summed E-state index contributed by atoms with van der Waals surface area (Å²) in [6.45, 7) is 2.43. The molecular weight excluding hydrogens is 337 g/mol. The zero-order valence-electron chi connectivity index (χ0n) is 11.4. The van der Waals surface area contributed by atoms with Crippen LogP contribution in [-0.4, -0.2) is 11.0 Å². The maximum Gasteiger partial charge on any atom is 0.170 e. The Kier molecular flexibility index (Phi) is 4.80. The lowest BCUT2D eigenvalue weighted by molar-refractivity contribution is 0.318. The van der Waals surface area contributed by atoms with Crippen molar-refractivity contribution in [2.24, 2.45) is 10.9 Å². The predicted molar refractivity (Wildman–Crippen MR) is 85.1 cm³/mol. The number of hydrogen-bond acceptors (Lipinski definition) is 3. The van der Waals surface area contributed by atoms with Crippen molar-refractivity contribution in [2.75, 3.05) is 5.32 Å². The number of nitrogens with zero attached hydrogens (tertiary/aromatic N) is 1. The molecule has 0 bridgehead atoms. The van der Waals surface area contributed by atoms with Gasteiger partial charge in [0.25, 0.3) is 0 Å². The van der Waals surface area contributed by atoms with E-state index in [1.165, 1.54) is 12.1 Å². The third-order valence-corrected chi connectivity index (χ3v) is 3.61. The van der Waals surface area contributed by atoms with Gasteiger partial charge >= 0.3 is 0 Å². The molecule has 2 rings (SSSR count). The highest BCUT2D eigenvalue weighted by molar-refractivity contribution is 9.10. The summed E-state index contributed by atoms with van der Waals surface area (Å²) >= 11 is 3.41. The van der Waals surface area contributed by atoms with Crippen LogP contribution in [-0.2, 0) is 6.54 Å². The maximum atomic E-state index is 13.3. The van der Waals surface area contributed by atoms with Crippen LogP contribution >= 0.6 is 15.9 Å². The molecule has 0 fully saturated rings. The Labute approximate surface area is 130 Å². The van der Waals surface area contributed by atoms with Gasteiger partial charge in [0, 0.05) is 22.3 Å². The number of nitrogens with one attached hydrogen (secondary N) is 1. The van der Waals surface area contributed by atoms with Crippen LogP contribution in [0, 0.1) is 12.7 Å². The van der Waals surface area contributed by atoms with E-state index in [2.05, 4.69) is 26.4 Å². The Morgan fingerprint density at radius 3 is 2.76 bits per heavy atom. The number of anilines is 1. The van der Waals surface area contributed by atoms with Crippen LogP contribution < -0.4 is 11.1 Å². The number of rotatable bonds is 4.